The van der Waals surface area contributed by atoms with E-state index in [4.69, 9.17) is 0 Å². The molecule has 37 heavy (non-hydrogen) atoms. The summed E-state index contributed by atoms with van der Waals surface area (Å²) in [7, 11) is 0. The minimum Gasteiger partial charge on any atom is -0.268 e. The van der Waals surface area contributed by atoms with E-state index in [1.165, 1.54) is 40.7 Å². The van der Waals surface area contributed by atoms with Crippen LogP contribution in [0.25, 0.3) is 55.8 Å². The molecule has 0 saturated heterocycles. The highest BCUT2D eigenvalue weighted by Crippen LogP contribution is 2.46. The van der Waals surface area contributed by atoms with Crippen molar-refractivity contribution in [2.45, 2.75) is 27.7 Å². The van der Waals surface area contributed by atoms with Crippen LogP contribution in [0.15, 0.2) is 64.2 Å². The number of fused-ring (bicyclic) bond motifs is 5. The monoisotopic (exact) mass is 555 g/mol. The molecule has 0 atom stereocenters. The second kappa shape index (κ2) is 8.20. The van der Waals surface area contributed by atoms with E-state index in [2.05, 4.69) is 32.9 Å². The fraction of sp³-hybridized carbons (Fsp3) is 0.133. The summed E-state index contributed by atoms with van der Waals surface area (Å²) in [6.07, 6.45) is 0. The second-order valence-corrected chi connectivity index (χ2v) is 14.1. The number of hydrogen-bond acceptors (Lipinski definition) is 6. The Morgan fingerprint density at radius 3 is 1.68 bits per heavy atom. The average Bonchev–Trinajstić information content (AvgIpc) is 3.66. The molecule has 7 rings (SSSR count). The SMILES string of the molecule is Cc1cc2c(C)c3sc(-c4cc5c(=O)n(-c6ccccc6)c(=O)c6cc(C)sc6c5s4)cc3c(C)c2s1. The van der Waals surface area contributed by atoms with Crippen molar-refractivity contribution in [2.75, 3.05) is 0 Å². The van der Waals surface area contributed by atoms with Gasteiger partial charge in [0, 0.05) is 28.9 Å². The molecule has 0 aliphatic carbocycles. The lowest BCUT2D eigenvalue weighted by Crippen LogP contribution is -2.28. The molecule has 182 valence electrons. The Bertz CT molecular complexity index is 2110. The minimum atomic E-state index is -0.265. The Hall–Kier alpha value is -3.10. The number of benzene rings is 2. The summed E-state index contributed by atoms with van der Waals surface area (Å²) in [5.74, 6) is 0. The quantitative estimate of drug-likeness (QED) is 0.214. The molecule has 0 fully saturated rings. The average molecular weight is 556 g/mol. The van der Waals surface area contributed by atoms with Crippen LogP contribution in [0.4, 0.5) is 0 Å². The van der Waals surface area contributed by atoms with Crippen LogP contribution in [-0.2, 0) is 0 Å². The van der Waals surface area contributed by atoms with Gasteiger partial charge in [-0.15, -0.1) is 45.3 Å². The first-order valence-electron chi connectivity index (χ1n) is 11.9. The van der Waals surface area contributed by atoms with Crippen molar-refractivity contribution in [2.24, 2.45) is 0 Å². The Labute approximate surface area is 228 Å². The number of para-hydroxylation sites is 1. The first-order chi connectivity index (χ1) is 17.8. The van der Waals surface area contributed by atoms with Gasteiger partial charge >= 0.3 is 0 Å². The van der Waals surface area contributed by atoms with Gasteiger partial charge in [-0.05, 0) is 86.0 Å². The molecule has 5 aromatic heterocycles. The molecule has 0 N–H and O–H groups in total. The van der Waals surface area contributed by atoms with Crippen LogP contribution >= 0.6 is 45.3 Å². The van der Waals surface area contributed by atoms with Gasteiger partial charge in [0.05, 0.1) is 25.9 Å². The van der Waals surface area contributed by atoms with Crippen molar-refractivity contribution < 1.29 is 0 Å². The zero-order valence-electron chi connectivity index (χ0n) is 20.6. The summed E-state index contributed by atoms with van der Waals surface area (Å²) in [6.45, 7) is 8.62. The first-order valence-corrected chi connectivity index (χ1v) is 15.2. The van der Waals surface area contributed by atoms with Crippen molar-refractivity contribution in [3.05, 3.63) is 96.2 Å². The van der Waals surface area contributed by atoms with Crippen molar-refractivity contribution >= 4 is 85.7 Å². The molecule has 2 aromatic carbocycles. The second-order valence-electron chi connectivity index (χ2n) is 9.44. The Balaban J connectivity index is 1.56. The molecule has 0 unspecified atom stereocenters. The number of thiophene rings is 4. The number of aryl methyl sites for hydroxylation is 4. The lowest BCUT2D eigenvalue weighted by molar-refractivity contribution is 0.976. The van der Waals surface area contributed by atoms with E-state index in [1.807, 2.05) is 60.7 Å². The van der Waals surface area contributed by atoms with E-state index < -0.39 is 0 Å². The molecule has 5 heterocycles. The Kier molecular flexibility index (Phi) is 5.11. The number of aromatic nitrogens is 1. The van der Waals surface area contributed by atoms with Crippen molar-refractivity contribution in [1.82, 2.24) is 4.57 Å². The van der Waals surface area contributed by atoms with Crippen LogP contribution in [0, 0.1) is 27.7 Å². The van der Waals surface area contributed by atoms with Gasteiger partial charge in [-0.2, -0.15) is 0 Å². The third kappa shape index (κ3) is 3.35. The summed E-state index contributed by atoms with van der Waals surface area (Å²) >= 11 is 6.86. The molecule has 7 heteroatoms. The molecule has 0 bridgehead atoms. The van der Waals surface area contributed by atoms with E-state index in [0.717, 1.165) is 24.0 Å². The van der Waals surface area contributed by atoms with Crippen LogP contribution < -0.4 is 11.1 Å². The maximum atomic E-state index is 13.9. The highest BCUT2D eigenvalue weighted by Gasteiger charge is 2.20. The molecular weight excluding hydrogens is 535 g/mol. The van der Waals surface area contributed by atoms with Crippen molar-refractivity contribution in [3.8, 4) is 15.4 Å². The first kappa shape index (κ1) is 23.0. The molecule has 0 radical (unpaired) electrons. The van der Waals surface area contributed by atoms with Crippen molar-refractivity contribution in [1.29, 1.82) is 0 Å². The molecule has 0 spiro atoms. The van der Waals surface area contributed by atoms with Crippen LogP contribution in [-0.4, -0.2) is 4.57 Å². The lowest BCUT2D eigenvalue weighted by Gasteiger charge is -2.03. The molecule has 3 nitrogen and oxygen atoms in total. The predicted octanol–water partition coefficient (Wildman–Crippen LogP) is 8.96. The summed E-state index contributed by atoms with van der Waals surface area (Å²) in [5.41, 5.74) is 2.71. The number of hydrogen-bond donors (Lipinski definition) is 0. The number of rotatable bonds is 2. The van der Waals surface area contributed by atoms with Crippen LogP contribution in [0.3, 0.4) is 0 Å². The Morgan fingerprint density at radius 2 is 1.00 bits per heavy atom. The van der Waals surface area contributed by atoms with Gasteiger partial charge in [0.25, 0.3) is 11.1 Å². The van der Waals surface area contributed by atoms with Crippen LogP contribution in [0.1, 0.15) is 20.9 Å². The molecule has 0 saturated carbocycles. The predicted molar refractivity (Wildman–Crippen MR) is 164 cm³/mol. The van der Waals surface area contributed by atoms with Gasteiger partial charge in [0.1, 0.15) is 0 Å². The van der Waals surface area contributed by atoms with Crippen molar-refractivity contribution in [3.63, 3.8) is 0 Å². The van der Waals surface area contributed by atoms with Gasteiger partial charge < -0.3 is 0 Å². The summed E-state index contributed by atoms with van der Waals surface area (Å²) in [6, 6.07) is 17.7. The van der Waals surface area contributed by atoms with E-state index in [1.54, 1.807) is 34.0 Å². The van der Waals surface area contributed by atoms with E-state index in [0.29, 0.717) is 16.5 Å². The highest BCUT2D eigenvalue weighted by molar-refractivity contribution is 7.31. The summed E-state index contributed by atoms with van der Waals surface area (Å²) in [5, 5.41) is 3.83. The molecule has 0 aliphatic heterocycles. The minimum absolute atomic E-state index is 0.260. The van der Waals surface area contributed by atoms with Gasteiger partial charge in [-0.25, -0.2) is 4.57 Å². The van der Waals surface area contributed by atoms with Gasteiger partial charge in [-0.3, -0.25) is 9.59 Å². The fourth-order valence-electron chi connectivity index (χ4n) is 5.21. The van der Waals surface area contributed by atoms with E-state index in [-0.39, 0.29) is 11.1 Å². The van der Waals surface area contributed by atoms with Crippen LogP contribution in [0.2, 0.25) is 0 Å². The zero-order chi connectivity index (χ0) is 25.6. The third-order valence-electron chi connectivity index (χ3n) is 6.99. The highest BCUT2D eigenvalue weighted by atomic mass is 32.1. The lowest BCUT2D eigenvalue weighted by atomic mass is 10.0. The standard InChI is InChI=1S/C30H21NO2S4/c1-14-10-19-16(3)26-20(17(4)25(19)34-14)12-23(36-26)24-13-22-28(37-24)27-21(11-15(2)35-27)29(32)31(30(22)33)18-8-6-5-7-9-18/h5-13H,1-4H3. The largest absolute Gasteiger partial charge is 0.268 e. The van der Waals surface area contributed by atoms with E-state index >= 15 is 0 Å². The van der Waals surface area contributed by atoms with Crippen LogP contribution in [0.5, 0.6) is 0 Å². The summed E-state index contributed by atoms with van der Waals surface area (Å²) in [4.78, 5) is 32.1. The van der Waals surface area contributed by atoms with E-state index in [9.17, 15) is 9.59 Å². The molecule has 7 aromatic rings. The third-order valence-corrected chi connectivity index (χ3v) is 12.0. The summed E-state index contributed by atoms with van der Waals surface area (Å²) < 4.78 is 5.79. The molecule has 0 aliphatic rings. The van der Waals surface area contributed by atoms with Gasteiger partial charge in [0.15, 0.2) is 0 Å². The topological polar surface area (TPSA) is 39.1 Å². The maximum Gasteiger partial charge on any atom is 0.266 e. The van der Waals surface area contributed by atoms with Gasteiger partial charge in [-0.1, -0.05) is 18.2 Å². The smallest absolute Gasteiger partial charge is 0.266 e. The zero-order valence-corrected chi connectivity index (χ0v) is 23.9. The Morgan fingerprint density at radius 1 is 0.541 bits per heavy atom. The normalized spacial score (nSPS) is 12.0. The van der Waals surface area contributed by atoms with Gasteiger partial charge in [0.2, 0.25) is 0 Å². The molecule has 0 amide bonds. The maximum absolute atomic E-state index is 13.9. The number of nitrogens with zero attached hydrogens (tertiary/aromatic N) is 1. The fourth-order valence-corrected chi connectivity index (χ4v) is 9.91. The molecular formula is C30H21NO2S4.